The number of fused-ring (bicyclic) bond motifs is 2. The maximum atomic E-state index is 13.0. The van der Waals surface area contributed by atoms with E-state index in [1.807, 2.05) is 60.0 Å². The van der Waals surface area contributed by atoms with E-state index in [0.717, 1.165) is 23.4 Å². The van der Waals surface area contributed by atoms with E-state index < -0.39 is 0 Å². The fourth-order valence-corrected chi connectivity index (χ4v) is 3.89. The van der Waals surface area contributed by atoms with E-state index in [-0.39, 0.29) is 24.1 Å². The first-order valence-electron chi connectivity index (χ1n) is 9.60. The molecule has 0 fully saturated rings. The molecule has 0 radical (unpaired) electrons. The second-order valence-corrected chi connectivity index (χ2v) is 7.67. The summed E-state index contributed by atoms with van der Waals surface area (Å²) in [5.41, 5.74) is 3.61. The Labute approximate surface area is 166 Å². The zero-order valence-corrected chi connectivity index (χ0v) is 16.3. The van der Waals surface area contributed by atoms with Crippen LogP contribution in [0.1, 0.15) is 12.5 Å². The number of anilines is 1. The molecule has 0 bridgehead atoms. The number of nitrogens with one attached hydrogen (secondary N) is 1. The van der Waals surface area contributed by atoms with Crippen molar-refractivity contribution in [1.82, 2.24) is 23.9 Å². The summed E-state index contributed by atoms with van der Waals surface area (Å²) < 4.78 is 3.42. The number of benzene rings is 1. The topological polar surface area (TPSA) is 91.4 Å². The third-order valence-electron chi connectivity index (χ3n) is 5.57. The molecule has 8 nitrogen and oxygen atoms in total. The van der Waals surface area contributed by atoms with Crippen LogP contribution in [0.4, 0.5) is 5.69 Å². The van der Waals surface area contributed by atoms with E-state index in [9.17, 15) is 9.90 Å². The molecule has 8 heteroatoms. The van der Waals surface area contributed by atoms with E-state index in [1.165, 1.54) is 4.40 Å². The van der Waals surface area contributed by atoms with Crippen molar-refractivity contribution in [2.75, 3.05) is 25.6 Å². The van der Waals surface area contributed by atoms with Crippen LogP contribution in [0.5, 0.6) is 0 Å². The van der Waals surface area contributed by atoms with Gasteiger partial charge in [-0.3, -0.25) is 4.79 Å². The molecule has 2 N–H and O–H groups in total. The summed E-state index contributed by atoms with van der Waals surface area (Å²) >= 11 is 0. The lowest BCUT2D eigenvalue weighted by Crippen LogP contribution is -2.15. The van der Waals surface area contributed by atoms with Crippen LogP contribution < -0.4 is 10.5 Å². The molecule has 2 atom stereocenters. The Hall–Kier alpha value is -3.39. The van der Waals surface area contributed by atoms with Crippen molar-refractivity contribution in [2.24, 2.45) is 5.92 Å². The van der Waals surface area contributed by atoms with Crippen LogP contribution in [0, 0.1) is 5.92 Å². The smallest absolute Gasteiger partial charge is 0.287 e. The van der Waals surface area contributed by atoms with Gasteiger partial charge >= 0.3 is 0 Å². The van der Waals surface area contributed by atoms with Gasteiger partial charge in [0.25, 0.3) is 5.56 Å². The zero-order chi connectivity index (χ0) is 20.1. The van der Waals surface area contributed by atoms with Crippen molar-refractivity contribution in [3.05, 3.63) is 59.3 Å². The number of imidazole rings is 2. The van der Waals surface area contributed by atoms with Gasteiger partial charge in [0.05, 0.1) is 18.1 Å². The molecule has 4 aromatic rings. The number of aromatic nitrogens is 5. The van der Waals surface area contributed by atoms with E-state index in [1.54, 1.807) is 12.5 Å². The Balaban J connectivity index is 1.59. The summed E-state index contributed by atoms with van der Waals surface area (Å²) in [6.45, 7) is 0.118. The van der Waals surface area contributed by atoms with E-state index in [2.05, 4.69) is 15.0 Å². The van der Waals surface area contributed by atoms with Gasteiger partial charge in [-0.05, 0) is 24.1 Å². The molecule has 1 aliphatic carbocycles. The molecule has 3 heterocycles. The molecule has 5 rings (SSSR count). The first-order valence-corrected chi connectivity index (χ1v) is 9.60. The van der Waals surface area contributed by atoms with E-state index in [4.69, 9.17) is 0 Å². The van der Waals surface area contributed by atoms with Crippen LogP contribution in [0.2, 0.25) is 0 Å². The van der Waals surface area contributed by atoms with Gasteiger partial charge in [0, 0.05) is 38.5 Å². The average Bonchev–Trinajstić information content (AvgIpc) is 3.46. The summed E-state index contributed by atoms with van der Waals surface area (Å²) in [6, 6.07) is 8.14. The third-order valence-corrected chi connectivity index (χ3v) is 5.57. The van der Waals surface area contributed by atoms with Gasteiger partial charge in [-0.1, -0.05) is 24.3 Å². The predicted molar refractivity (Wildman–Crippen MR) is 112 cm³/mol. The lowest BCUT2D eigenvalue weighted by Gasteiger charge is -2.12. The summed E-state index contributed by atoms with van der Waals surface area (Å²) in [6.07, 6.45) is 8.25. The van der Waals surface area contributed by atoms with Crippen molar-refractivity contribution in [1.29, 1.82) is 0 Å². The van der Waals surface area contributed by atoms with Gasteiger partial charge < -0.3 is 19.6 Å². The number of hydrogen-bond donors (Lipinski definition) is 2. The Morgan fingerprint density at radius 3 is 2.72 bits per heavy atom. The molecular formula is C21H22N6O2. The molecule has 1 aliphatic rings. The molecular weight excluding hydrogens is 368 g/mol. The minimum atomic E-state index is -0.197. The molecule has 0 spiro atoms. The van der Waals surface area contributed by atoms with Crippen LogP contribution in [-0.2, 0) is 0 Å². The Morgan fingerprint density at radius 2 is 2.03 bits per heavy atom. The highest BCUT2D eigenvalue weighted by molar-refractivity contribution is 5.73. The fourth-order valence-electron chi connectivity index (χ4n) is 3.89. The Kier molecular flexibility index (Phi) is 4.02. The molecule has 0 saturated heterocycles. The lowest BCUT2D eigenvalue weighted by atomic mass is 10.1. The summed E-state index contributed by atoms with van der Waals surface area (Å²) in [5.74, 6) is 0.612. The molecule has 0 saturated carbocycles. The monoisotopic (exact) mass is 390 g/mol. The van der Waals surface area contributed by atoms with Crippen molar-refractivity contribution in [3.8, 4) is 11.3 Å². The minimum Gasteiger partial charge on any atom is -0.396 e. The van der Waals surface area contributed by atoms with E-state index in [0.29, 0.717) is 16.9 Å². The quantitative estimate of drug-likeness (QED) is 0.522. The largest absolute Gasteiger partial charge is 0.396 e. The Bertz CT molecular complexity index is 1280. The summed E-state index contributed by atoms with van der Waals surface area (Å²) in [4.78, 5) is 27.3. The summed E-state index contributed by atoms with van der Waals surface area (Å²) in [7, 11) is 4.00. The van der Waals surface area contributed by atoms with Crippen LogP contribution in [0.25, 0.3) is 28.2 Å². The van der Waals surface area contributed by atoms with Crippen LogP contribution in [0.3, 0.4) is 0 Å². The minimum absolute atomic E-state index is 0.0412. The zero-order valence-electron chi connectivity index (χ0n) is 16.3. The first-order chi connectivity index (χ1) is 14.0. The van der Waals surface area contributed by atoms with Gasteiger partial charge in [0.1, 0.15) is 0 Å². The molecule has 1 aromatic carbocycles. The van der Waals surface area contributed by atoms with Gasteiger partial charge in [-0.2, -0.15) is 4.98 Å². The molecule has 0 aliphatic heterocycles. The van der Waals surface area contributed by atoms with Gasteiger partial charge in [0.15, 0.2) is 11.2 Å². The number of aliphatic hydroxyl groups excluding tert-OH is 1. The maximum Gasteiger partial charge on any atom is 0.287 e. The number of H-pyrrole nitrogens is 1. The lowest BCUT2D eigenvalue weighted by molar-refractivity contribution is 0.244. The van der Waals surface area contributed by atoms with E-state index >= 15 is 0 Å². The second-order valence-electron chi connectivity index (χ2n) is 7.67. The molecule has 0 unspecified atom stereocenters. The number of aliphatic hydroxyl groups is 1. The predicted octanol–water partition coefficient (Wildman–Crippen LogP) is 2.21. The van der Waals surface area contributed by atoms with Crippen LogP contribution >= 0.6 is 0 Å². The van der Waals surface area contributed by atoms with Crippen molar-refractivity contribution in [2.45, 2.75) is 12.5 Å². The SMILES string of the molecule is CN(C)c1ccc(-c2cn3c(=O)c4ncn([C@H]5C=C[C@@H](CO)C5)c4nc3[nH]2)cc1. The number of nitrogens with zero attached hydrogens (tertiary/aromatic N) is 5. The van der Waals surface area contributed by atoms with Gasteiger partial charge in [-0.15, -0.1) is 0 Å². The standard InChI is InChI=1S/C21H22N6O2/c1-25(2)15-7-4-14(5-8-15)17-10-26-20(29)18-19(24-21(26)23-17)27(12-22-18)16-6-3-13(9-16)11-28/h3-8,10,12-13,16,28H,9,11H2,1-2H3,(H,23,24)/t13-,16+/m1/s1. The van der Waals surface area contributed by atoms with Crippen molar-refractivity contribution in [3.63, 3.8) is 0 Å². The molecule has 3 aromatic heterocycles. The molecule has 29 heavy (non-hydrogen) atoms. The number of hydrogen-bond acceptors (Lipinski definition) is 5. The maximum absolute atomic E-state index is 13.0. The highest BCUT2D eigenvalue weighted by Gasteiger charge is 2.23. The number of allylic oxidation sites excluding steroid dienone is 1. The normalized spacial score (nSPS) is 18.9. The first kappa shape index (κ1) is 17.7. The number of rotatable bonds is 4. The Morgan fingerprint density at radius 1 is 1.24 bits per heavy atom. The second kappa shape index (κ2) is 6.59. The van der Waals surface area contributed by atoms with Crippen molar-refractivity contribution >= 4 is 22.6 Å². The summed E-state index contributed by atoms with van der Waals surface area (Å²) in [5, 5.41) is 9.39. The highest BCUT2D eigenvalue weighted by Crippen LogP contribution is 2.29. The molecule has 0 amide bonds. The third kappa shape index (κ3) is 2.84. The van der Waals surface area contributed by atoms with Crippen LogP contribution in [0.15, 0.2) is 53.7 Å². The van der Waals surface area contributed by atoms with Gasteiger partial charge in [-0.25, -0.2) is 9.38 Å². The number of aromatic amines is 1. The fraction of sp³-hybridized carbons (Fsp3) is 0.286. The van der Waals surface area contributed by atoms with Gasteiger partial charge in [0.2, 0.25) is 5.78 Å². The average molecular weight is 390 g/mol. The van der Waals surface area contributed by atoms with Crippen molar-refractivity contribution < 1.29 is 5.11 Å². The molecule has 148 valence electrons. The van der Waals surface area contributed by atoms with Crippen LogP contribution in [-0.4, -0.2) is 49.7 Å². The highest BCUT2D eigenvalue weighted by atomic mass is 16.3.